The van der Waals surface area contributed by atoms with Gasteiger partial charge < -0.3 is 9.47 Å². The Bertz CT molecular complexity index is 1340. The molecule has 0 amide bonds. The van der Waals surface area contributed by atoms with Gasteiger partial charge in [0.1, 0.15) is 17.6 Å². The topological polar surface area (TPSA) is 30.8 Å². The third kappa shape index (κ3) is 4.65. The number of aliphatic imine (C=N–C) groups is 1. The smallest absolute Gasteiger partial charge is 0.216 e. The lowest BCUT2D eigenvalue weighted by atomic mass is 9.95. The first kappa shape index (κ1) is 21.7. The van der Waals surface area contributed by atoms with Gasteiger partial charge in [-0.3, -0.25) is 4.99 Å². The van der Waals surface area contributed by atoms with Gasteiger partial charge in [-0.25, -0.2) is 0 Å². The van der Waals surface area contributed by atoms with E-state index >= 15 is 0 Å². The minimum Gasteiger partial charge on any atom is -0.470 e. The van der Waals surface area contributed by atoms with Crippen molar-refractivity contribution in [3.05, 3.63) is 131 Å². The quantitative estimate of drug-likeness (QED) is 0.232. The van der Waals surface area contributed by atoms with Crippen LogP contribution >= 0.6 is 0 Å². The van der Waals surface area contributed by atoms with Crippen molar-refractivity contribution in [1.29, 1.82) is 0 Å². The molecule has 0 fully saturated rings. The van der Waals surface area contributed by atoms with E-state index in [4.69, 9.17) is 9.47 Å². The number of nitrogens with zero attached hydrogens (tertiary/aromatic N) is 1. The number of ether oxygens (including phenoxy) is 2. The summed E-state index contributed by atoms with van der Waals surface area (Å²) in [6, 6.07) is 35.1. The Morgan fingerprint density at radius 3 is 2.24 bits per heavy atom. The molecule has 0 spiro atoms. The lowest BCUT2D eigenvalue weighted by Crippen LogP contribution is -2.10. The molecule has 0 aromatic heterocycles. The second kappa shape index (κ2) is 9.80. The van der Waals surface area contributed by atoms with Gasteiger partial charge >= 0.3 is 0 Å². The van der Waals surface area contributed by atoms with Crippen molar-refractivity contribution in [2.75, 3.05) is 7.05 Å². The lowest BCUT2D eigenvalue weighted by Gasteiger charge is -2.17. The van der Waals surface area contributed by atoms with Crippen molar-refractivity contribution in [3.8, 4) is 11.5 Å². The van der Waals surface area contributed by atoms with Crippen molar-refractivity contribution in [2.24, 2.45) is 4.99 Å². The second-order valence-electron chi connectivity index (χ2n) is 8.38. The zero-order chi connectivity index (χ0) is 23.3. The van der Waals surface area contributed by atoms with Gasteiger partial charge in [-0.05, 0) is 60.4 Å². The molecule has 0 saturated heterocycles. The Balaban J connectivity index is 1.36. The number of hydrogen-bond acceptors (Lipinski definition) is 3. The first-order valence-corrected chi connectivity index (χ1v) is 11.6. The van der Waals surface area contributed by atoms with Gasteiger partial charge in [0.15, 0.2) is 0 Å². The van der Waals surface area contributed by atoms with Gasteiger partial charge in [-0.2, -0.15) is 0 Å². The summed E-state index contributed by atoms with van der Waals surface area (Å²) in [5, 5.41) is 0. The van der Waals surface area contributed by atoms with E-state index in [0.717, 1.165) is 40.2 Å². The van der Waals surface area contributed by atoms with Gasteiger partial charge in [0.2, 0.25) is 5.90 Å². The third-order valence-electron chi connectivity index (χ3n) is 6.06. The summed E-state index contributed by atoms with van der Waals surface area (Å²) in [6.45, 7) is 2.06. The largest absolute Gasteiger partial charge is 0.470 e. The maximum absolute atomic E-state index is 6.23. The van der Waals surface area contributed by atoms with E-state index in [1.807, 2.05) is 60.7 Å². The highest BCUT2D eigenvalue weighted by molar-refractivity contribution is 5.94. The number of fused-ring (bicyclic) bond motifs is 2. The summed E-state index contributed by atoms with van der Waals surface area (Å²) >= 11 is 0. The van der Waals surface area contributed by atoms with Crippen LogP contribution in [0.4, 0.5) is 0 Å². The fraction of sp³-hybridized carbons (Fsp3) is 0.129. The molecule has 1 heterocycles. The summed E-state index contributed by atoms with van der Waals surface area (Å²) in [7, 11) is 1.76. The van der Waals surface area contributed by atoms with Crippen LogP contribution in [0.1, 0.15) is 40.8 Å². The first-order chi connectivity index (χ1) is 16.7. The highest BCUT2D eigenvalue weighted by Gasteiger charge is 2.17. The highest BCUT2D eigenvalue weighted by atomic mass is 16.5. The number of benzene rings is 4. The molecular weight excluding hydrogens is 418 g/mol. The average molecular weight is 446 g/mol. The highest BCUT2D eigenvalue weighted by Crippen LogP contribution is 2.39. The van der Waals surface area contributed by atoms with Crippen LogP contribution in [0, 0.1) is 0 Å². The Morgan fingerprint density at radius 2 is 1.47 bits per heavy atom. The van der Waals surface area contributed by atoms with Crippen LogP contribution in [0.2, 0.25) is 0 Å². The molecule has 3 nitrogen and oxygen atoms in total. The monoisotopic (exact) mass is 445 g/mol. The van der Waals surface area contributed by atoms with Crippen LogP contribution in [0.15, 0.2) is 108 Å². The van der Waals surface area contributed by atoms with Gasteiger partial charge in [-0.1, -0.05) is 78.9 Å². The van der Waals surface area contributed by atoms with Gasteiger partial charge in [0.25, 0.3) is 0 Å². The molecule has 0 radical (unpaired) electrons. The fourth-order valence-corrected chi connectivity index (χ4v) is 4.24. The number of allylic oxidation sites excluding steroid dienone is 1. The van der Waals surface area contributed by atoms with E-state index in [0.29, 0.717) is 5.90 Å². The number of hydrogen-bond donors (Lipinski definition) is 0. The van der Waals surface area contributed by atoms with Gasteiger partial charge in [0, 0.05) is 23.7 Å². The molecule has 0 aliphatic carbocycles. The van der Waals surface area contributed by atoms with Crippen LogP contribution < -0.4 is 4.74 Å². The van der Waals surface area contributed by atoms with Crippen LogP contribution in [0.25, 0.3) is 11.6 Å². The standard InChI is InChI=1S/C31H27NO2/c1-22(33-31(32-2)25-10-4-3-5-11-25)24-18-16-23(17-19-24)20-27-21-26-12-6-8-14-29(26)34-30-15-9-7-13-28(27)30/h3-19,21-22H,20H2,1-2H3. The van der Waals surface area contributed by atoms with Crippen molar-refractivity contribution in [1.82, 2.24) is 0 Å². The maximum atomic E-state index is 6.23. The summed E-state index contributed by atoms with van der Waals surface area (Å²) < 4.78 is 12.4. The molecule has 34 heavy (non-hydrogen) atoms. The van der Waals surface area contributed by atoms with Crippen molar-refractivity contribution >= 4 is 17.5 Å². The molecule has 1 aliphatic rings. The average Bonchev–Trinajstić information content (AvgIpc) is 3.04. The van der Waals surface area contributed by atoms with Gasteiger partial charge in [0.05, 0.1) is 0 Å². The summed E-state index contributed by atoms with van der Waals surface area (Å²) in [4.78, 5) is 4.34. The van der Waals surface area contributed by atoms with Gasteiger partial charge in [-0.15, -0.1) is 0 Å². The molecule has 1 atom stereocenters. The summed E-state index contributed by atoms with van der Waals surface area (Å²) in [5.41, 5.74) is 6.80. The molecule has 0 saturated carbocycles. The van der Waals surface area contributed by atoms with Crippen LogP contribution in [0.5, 0.6) is 11.5 Å². The molecule has 4 aromatic rings. The lowest BCUT2D eigenvalue weighted by molar-refractivity contribution is 0.213. The van der Waals surface area contributed by atoms with E-state index in [1.54, 1.807) is 7.05 Å². The zero-order valence-corrected chi connectivity index (χ0v) is 19.4. The maximum Gasteiger partial charge on any atom is 0.216 e. The summed E-state index contributed by atoms with van der Waals surface area (Å²) in [5.74, 6) is 2.43. The molecule has 1 unspecified atom stereocenters. The van der Waals surface area contributed by atoms with Crippen molar-refractivity contribution < 1.29 is 9.47 Å². The molecule has 0 N–H and O–H groups in total. The SMILES string of the molecule is CN=C(OC(C)c1ccc(CC2=Cc3ccccc3Oc3ccccc32)cc1)c1ccccc1. The Labute approximate surface area is 201 Å². The second-order valence-corrected chi connectivity index (χ2v) is 8.38. The summed E-state index contributed by atoms with van der Waals surface area (Å²) in [6.07, 6.45) is 2.95. The molecule has 168 valence electrons. The van der Waals surface area contributed by atoms with Crippen LogP contribution in [-0.4, -0.2) is 12.9 Å². The Morgan fingerprint density at radius 1 is 0.794 bits per heavy atom. The Hall–Kier alpha value is -4.11. The molecule has 3 heteroatoms. The molecular formula is C31H27NO2. The fourth-order valence-electron chi connectivity index (χ4n) is 4.24. The Kier molecular flexibility index (Phi) is 6.26. The van der Waals surface area contributed by atoms with E-state index < -0.39 is 0 Å². The van der Waals surface area contributed by atoms with E-state index in [1.165, 1.54) is 11.1 Å². The third-order valence-corrected chi connectivity index (χ3v) is 6.06. The first-order valence-electron chi connectivity index (χ1n) is 11.6. The van der Waals surface area contributed by atoms with Crippen LogP contribution in [-0.2, 0) is 11.2 Å². The normalized spacial score (nSPS) is 13.6. The molecule has 0 bridgehead atoms. The van der Waals surface area contributed by atoms with Crippen LogP contribution in [0.3, 0.4) is 0 Å². The van der Waals surface area contributed by atoms with Crippen molar-refractivity contribution in [3.63, 3.8) is 0 Å². The number of rotatable bonds is 5. The van der Waals surface area contributed by atoms with E-state index in [9.17, 15) is 0 Å². The predicted molar refractivity (Wildman–Crippen MR) is 139 cm³/mol. The van der Waals surface area contributed by atoms with E-state index in [-0.39, 0.29) is 6.10 Å². The molecule has 1 aliphatic heterocycles. The van der Waals surface area contributed by atoms with E-state index in [2.05, 4.69) is 60.5 Å². The molecule has 4 aromatic carbocycles. The predicted octanol–water partition coefficient (Wildman–Crippen LogP) is 7.73. The number of para-hydroxylation sites is 2. The zero-order valence-electron chi connectivity index (χ0n) is 19.4. The van der Waals surface area contributed by atoms with Crippen molar-refractivity contribution in [2.45, 2.75) is 19.4 Å². The minimum absolute atomic E-state index is 0.106. The molecule has 5 rings (SSSR count). The minimum atomic E-state index is -0.106.